The Morgan fingerprint density at radius 1 is 1.57 bits per heavy atom. The van der Waals surface area contributed by atoms with Crippen molar-refractivity contribution in [3.05, 3.63) is 11.3 Å². The van der Waals surface area contributed by atoms with Crippen LogP contribution in [0.5, 0.6) is 0 Å². The van der Waals surface area contributed by atoms with Crippen molar-refractivity contribution in [3.8, 4) is 0 Å². The molecule has 0 saturated carbocycles. The molecule has 0 spiro atoms. The van der Waals surface area contributed by atoms with Gasteiger partial charge in [-0.3, -0.25) is 0 Å². The summed E-state index contributed by atoms with van der Waals surface area (Å²) < 4.78 is 6.88. The fourth-order valence-corrected chi connectivity index (χ4v) is 1.28. The van der Waals surface area contributed by atoms with Gasteiger partial charge >= 0.3 is 0 Å². The van der Waals surface area contributed by atoms with Gasteiger partial charge in [-0.1, -0.05) is 0 Å². The van der Waals surface area contributed by atoms with Crippen molar-refractivity contribution in [2.45, 2.75) is 27.0 Å². The molecule has 0 aliphatic carbocycles. The quantitative estimate of drug-likeness (QED) is 0.715. The Hall–Kier alpha value is -1.07. The van der Waals surface area contributed by atoms with Crippen LogP contribution in [0.4, 0.5) is 5.82 Å². The van der Waals surface area contributed by atoms with Gasteiger partial charge in [-0.15, -0.1) is 0 Å². The number of ether oxygens (including phenoxy) is 1. The third-order valence-corrected chi connectivity index (χ3v) is 2.06. The minimum atomic E-state index is 0.0411. The molecule has 5 nitrogen and oxygen atoms in total. The summed E-state index contributed by atoms with van der Waals surface area (Å²) in [6, 6.07) is 0. The number of anilines is 1. The Labute approximate surface area is 83.5 Å². The molecule has 0 radical (unpaired) electrons. The number of rotatable bonds is 5. The number of aryl methyl sites for hydroxylation is 1. The van der Waals surface area contributed by atoms with Gasteiger partial charge in [0.1, 0.15) is 5.82 Å². The topological polar surface area (TPSA) is 73.3 Å². The van der Waals surface area contributed by atoms with Crippen molar-refractivity contribution in [2.75, 3.05) is 18.9 Å². The zero-order valence-corrected chi connectivity index (χ0v) is 8.66. The molecule has 0 saturated heterocycles. The second-order valence-corrected chi connectivity index (χ2v) is 3.03. The Kier molecular flexibility index (Phi) is 3.91. The first-order valence-corrected chi connectivity index (χ1v) is 4.71. The van der Waals surface area contributed by atoms with E-state index in [-0.39, 0.29) is 6.61 Å². The molecule has 5 heteroatoms. The van der Waals surface area contributed by atoms with Crippen LogP contribution in [0, 0.1) is 6.92 Å². The molecule has 1 rings (SSSR count). The summed E-state index contributed by atoms with van der Waals surface area (Å²) in [4.78, 5) is 0. The number of aliphatic hydroxyl groups is 1. The number of aromatic nitrogens is 2. The average Bonchev–Trinajstić information content (AvgIpc) is 2.41. The van der Waals surface area contributed by atoms with Crippen LogP contribution >= 0.6 is 0 Å². The van der Waals surface area contributed by atoms with Crippen LogP contribution in [0.1, 0.15) is 18.2 Å². The number of hydrogen-bond acceptors (Lipinski definition) is 4. The van der Waals surface area contributed by atoms with Crippen molar-refractivity contribution in [2.24, 2.45) is 0 Å². The molecular weight excluding hydrogens is 182 g/mol. The molecule has 0 aliphatic rings. The highest BCUT2D eigenvalue weighted by Crippen LogP contribution is 2.16. The van der Waals surface area contributed by atoms with Crippen LogP contribution in [0.25, 0.3) is 0 Å². The van der Waals surface area contributed by atoms with Crippen LogP contribution in [-0.2, 0) is 17.9 Å². The lowest BCUT2D eigenvalue weighted by Gasteiger charge is -2.03. The van der Waals surface area contributed by atoms with Crippen LogP contribution < -0.4 is 5.73 Å². The summed E-state index contributed by atoms with van der Waals surface area (Å²) in [5.41, 5.74) is 7.62. The maximum absolute atomic E-state index is 8.77. The van der Waals surface area contributed by atoms with Crippen LogP contribution in [-0.4, -0.2) is 28.1 Å². The SMILES string of the molecule is CCOCc1c(C)nn(CCO)c1N. The molecule has 14 heavy (non-hydrogen) atoms. The summed E-state index contributed by atoms with van der Waals surface area (Å²) in [6.07, 6.45) is 0. The smallest absolute Gasteiger partial charge is 0.127 e. The van der Waals surface area contributed by atoms with Crippen molar-refractivity contribution in [1.82, 2.24) is 9.78 Å². The van der Waals surface area contributed by atoms with E-state index in [9.17, 15) is 0 Å². The summed E-state index contributed by atoms with van der Waals surface area (Å²) >= 11 is 0. The second-order valence-electron chi connectivity index (χ2n) is 3.03. The molecule has 0 atom stereocenters. The third-order valence-electron chi connectivity index (χ3n) is 2.06. The Bertz CT molecular complexity index is 296. The van der Waals surface area contributed by atoms with Gasteiger partial charge in [-0.2, -0.15) is 5.10 Å². The van der Waals surface area contributed by atoms with E-state index in [1.54, 1.807) is 4.68 Å². The maximum atomic E-state index is 8.77. The van der Waals surface area contributed by atoms with Gasteiger partial charge in [-0.05, 0) is 13.8 Å². The van der Waals surface area contributed by atoms with Gasteiger partial charge in [-0.25, -0.2) is 4.68 Å². The van der Waals surface area contributed by atoms with Gasteiger partial charge in [0.15, 0.2) is 0 Å². The van der Waals surface area contributed by atoms with Crippen molar-refractivity contribution in [3.63, 3.8) is 0 Å². The van der Waals surface area contributed by atoms with Crippen molar-refractivity contribution < 1.29 is 9.84 Å². The van der Waals surface area contributed by atoms with E-state index in [0.717, 1.165) is 11.3 Å². The Balaban J connectivity index is 2.81. The van der Waals surface area contributed by atoms with Crippen LogP contribution in [0.3, 0.4) is 0 Å². The van der Waals surface area contributed by atoms with Gasteiger partial charge in [0.25, 0.3) is 0 Å². The molecule has 1 heterocycles. The minimum Gasteiger partial charge on any atom is -0.394 e. The fourth-order valence-electron chi connectivity index (χ4n) is 1.28. The number of nitrogens with zero attached hydrogens (tertiary/aromatic N) is 2. The maximum Gasteiger partial charge on any atom is 0.127 e. The predicted octanol–water partition coefficient (Wildman–Crippen LogP) is 0.303. The molecule has 0 amide bonds. The lowest BCUT2D eigenvalue weighted by molar-refractivity contribution is 0.134. The first kappa shape index (κ1) is 11.0. The van der Waals surface area contributed by atoms with Crippen LogP contribution in [0.2, 0.25) is 0 Å². The van der Waals surface area contributed by atoms with E-state index in [1.165, 1.54) is 0 Å². The molecule has 1 aromatic heterocycles. The lowest BCUT2D eigenvalue weighted by atomic mass is 10.2. The van der Waals surface area contributed by atoms with Gasteiger partial charge in [0, 0.05) is 12.2 Å². The number of hydrogen-bond donors (Lipinski definition) is 2. The van der Waals surface area contributed by atoms with Crippen molar-refractivity contribution >= 4 is 5.82 Å². The molecule has 0 aromatic carbocycles. The Morgan fingerprint density at radius 2 is 2.29 bits per heavy atom. The molecular formula is C9H17N3O2. The van der Waals surface area contributed by atoms with E-state index in [4.69, 9.17) is 15.6 Å². The van der Waals surface area contributed by atoms with Gasteiger partial charge in [0.2, 0.25) is 0 Å². The van der Waals surface area contributed by atoms with Crippen LogP contribution in [0.15, 0.2) is 0 Å². The molecule has 0 bridgehead atoms. The third kappa shape index (κ3) is 2.24. The summed E-state index contributed by atoms with van der Waals surface area (Å²) in [5, 5.41) is 13.0. The summed E-state index contributed by atoms with van der Waals surface area (Å²) in [7, 11) is 0. The predicted molar refractivity (Wildman–Crippen MR) is 53.8 cm³/mol. The largest absolute Gasteiger partial charge is 0.394 e. The monoisotopic (exact) mass is 199 g/mol. The molecule has 1 aromatic rings. The number of nitrogen functional groups attached to an aromatic ring is 1. The summed E-state index contributed by atoms with van der Waals surface area (Å²) in [5.74, 6) is 0.588. The number of aliphatic hydroxyl groups excluding tert-OH is 1. The van der Waals surface area contributed by atoms with Gasteiger partial charge in [0.05, 0.1) is 25.5 Å². The summed E-state index contributed by atoms with van der Waals surface area (Å²) in [6.45, 7) is 5.43. The molecule has 80 valence electrons. The highest BCUT2D eigenvalue weighted by Gasteiger charge is 2.11. The van der Waals surface area contributed by atoms with E-state index in [0.29, 0.717) is 25.6 Å². The average molecular weight is 199 g/mol. The standard InChI is InChI=1S/C9H17N3O2/c1-3-14-6-8-7(2)11-12(4-5-13)9(8)10/h13H,3-6,10H2,1-2H3. The first-order chi connectivity index (χ1) is 6.70. The highest BCUT2D eigenvalue weighted by molar-refractivity contribution is 5.42. The minimum absolute atomic E-state index is 0.0411. The molecule has 3 N–H and O–H groups in total. The molecule has 0 fully saturated rings. The second kappa shape index (κ2) is 4.97. The fraction of sp³-hybridized carbons (Fsp3) is 0.667. The van der Waals surface area contributed by atoms with E-state index < -0.39 is 0 Å². The zero-order chi connectivity index (χ0) is 10.6. The molecule has 0 unspecified atom stereocenters. The Morgan fingerprint density at radius 3 is 2.86 bits per heavy atom. The lowest BCUT2D eigenvalue weighted by Crippen LogP contribution is -2.08. The zero-order valence-electron chi connectivity index (χ0n) is 8.66. The van der Waals surface area contributed by atoms with Gasteiger partial charge < -0.3 is 15.6 Å². The molecule has 0 aliphatic heterocycles. The number of nitrogens with two attached hydrogens (primary N) is 1. The van der Waals surface area contributed by atoms with E-state index in [1.807, 2.05) is 13.8 Å². The van der Waals surface area contributed by atoms with E-state index >= 15 is 0 Å². The normalized spacial score (nSPS) is 10.8. The first-order valence-electron chi connectivity index (χ1n) is 4.71. The van der Waals surface area contributed by atoms with E-state index in [2.05, 4.69) is 5.10 Å². The highest BCUT2D eigenvalue weighted by atomic mass is 16.5. The van der Waals surface area contributed by atoms with Crippen molar-refractivity contribution in [1.29, 1.82) is 0 Å².